The standard InChI is InChI=1S/C25H28N2O7S/c1-15(28)35-22(13-16-7-9-17(34-2)10-8-16)24(31)26-14-23(30)27-19(11-12-20(27)25(32)33)18-5-3-4-6-21(18)29/h3-10,19-20,22,29H,11-14H2,1-2H3,(H,26,31)(H,32,33). The van der Waals surface area contributed by atoms with Crippen LogP contribution in [-0.2, 0) is 25.6 Å². The highest BCUT2D eigenvalue weighted by molar-refractivity contribution is 8.14. The number of ether oxygens (including phenoxy) is 1. The van der Waals surface area contributed by atoms with Gasteiger partial charge >= 0.3 is 5.97 Å². The number of benzene rings is 2. The lowest BCUT2D eigenvalue weighted by molar-refractivity contribution is -0.149. The molecular formula is C25H28N2O7S. The smallest absolute Gasteiger partial charge is 0.326 e. The molecule has 3 atom stereocenters. The average Bonchev–Trinajstić information content (AvgIpc) is 3.28. The van der Waals surface area contributed by atoms with Crippen molar-refractivity contribution >= 4 is 34.7 Å². The van der Waals surface area contributed by atoms with Crippen molar-refractivity contribution in [3.63, 3.8) is 0 Å². The fraction of sp³-hybridized carbons (Fsp3) is 0.360. The summed E-state index contributed by atoms with van der Waals surface area (Å²) in [4.78, 5) is 50.8. The number of thioether (sulfide) groups is 1. The number of phenols is 1. The Morgan fingerprint density at radius 3 is 2.40 bits per heavy atom. The van der Waals surface area contributed by atoms with Gasteiger partial charge in [0.2, 0.25) is 11.8 Å². The number of phenolic OH excluding ortho intramolecular Hbond substituents is 1. The number of amides is 2. The number of carboxylic acids is 1. The molecular weight excluding hydrogens is 472 g/mol. The summed E-state index contributed by atoms with van der Waals surface area (Å²) in [5, 5.41) is 21.4. The third kappa shape index (κ3) is 6.54. The van der Waals surface area contributed by atoms with E-state index in [4.69, 9.17) is 4.74 Å². The Morgan fingerprint density at radius 1 is 1.11 bits per heavy atom. The maximum atomic E-state index is 13.1. The maximum Gasteiger partial charge on any atom is 0.326 e. The molecule has 2 aromatic rings. The summed E-state index contributed by atoms with van der Waals surface area (Å²) in [6, 6.07) is 11.9. The van der Waals surface area contributed by atoms with Crippen LogP contribution in [0.4, 0.5) is 0 Å². The van der Waals surface area contributed by atoms with Crippen molar-refractivity contribution in [2.24, 2.45) is 0 Å². The topological polar surface area (TPSA) is 133 Å². The van der Waals surface area contributed by atoms with E-state index < -0.39 is 41.7 Å². The largest absolute Gasteiger partial charge is 0.508 e. The predicted molar refractivity (Wildman–Crippen MR) is 130 cm³/mol. The number of carboxylic acid groups (broad SMARTS) is 1. The van der Waals surface area contributed by atoms with Gasteiger partial charge in [0.15, 0.2) is 5.12 Å². The SMILES string of the molecule is COc1ccc(CC(SC(C)=O)C(=O)NCC(=O)N2C(C(=O)O)CCC2c2ccccc2O)cc1. The molecule has 0 aliphatic carbocycles. The highest BCUT2D eigenvalue weighted by Gasteiger charge is 2.42. The molecule has 9 nitrogen and oxygen atoms in total. The van der Waals surface area contributed by atoms with Gasteiger partial charge in [-0.05, 0) is 43.0 Å². The van der Waals surface area contributed by atoms with Crippen molar-refractivity contribution in [3.8, 4) is 11.5 Å². The number of aliphatic carboxylic acids is 1. The summed E-state index contributed by atoms with van der Waals surface area (Å²) >= 11 is 0.867. The Labute approximate surface area is 207 Å². The van der Waals surface area contributed by atoms with Gasteiger partial charge in [0, 0.05) is 12.5 Å². The van der Waals surface area contributed by atoms with E-state index in [1.54, 1.807) is 49.6 Å². The first-order chi connectivity index (χ1) is 16.7. The highest BCUT2D eigenvalue weighted by Crippen LogP contribution is 2.39. The van der Waals surface area contributed by atoms with Crippen molar-refractivity contribution in [1.29, 1.82) is 0 Å². The number of likely N-dealkylation sites (tertiary alicyclic amines) is 1. The van der Waals surface area contributed by atoms with Gasteiger partial charge in [-0.2, -0.15) is 0 Å². The van der Waals surface area contributed by atoms with Crippen LogP contribution < -0.4 is 10.1 Å². The molecule has 1 fully saturated rings. The van der Waals surface area contributed by atoms with E-state index in [1.165, 1.54) is 17.9 Å². The quantitative estimate of drug-likeness (QED) is 0.478. The Hall–Kier alpha value is -3.53. The van der Waals surface area contributed by atoms with Gasteiger partial charge in [0.25, 0.3) is 0 Å². The number of nitrogens with zero attached hydrogens (tertiary/aromatic N) is 1. The second-order valence-electron chi connectivity index (χ2n) is 8.18. The number of hydrogen-bond acceptors (Lipinski definition) is 7. The number of nitrogens with one attached hydrogen (secondary N) is 1. The van der Waals surface area contributed by atoms with E-state index in [2.05, 4.69) is 5.32 Å². The highest BCUT2D eigenvalue weighted by atomic mass is 32.2. The van der Waals surface area contributed by atoms with E-state index in [0.717, 1.165) is 17.3 Å². The van der Waals surface area contributed by atoms with E-state index in [-0.39, 0.29) is 23.7 Å². The Morgan fingerprint density at radius 2 is 1.80 bits per heavy atom. The Bertz CT molecular complexity index is 1090. The lowest BCUT2D eigenvalue weighted by Crippen LogP contribution is -2.47. The zero-order valence-corrected chi connectivity index (χ0v) is 20.3. The monoisotopic (exact) mass is 500 g/mol. The summed E-state index contributed by atoms with van der Waals surface area (Å²) in [5.74, 6) is -1.58. The Kier molecular flexibility index (Phi) is 8.75. The van der Waals surface area contributed by atoms with Crippen LogP contribution in [0, 0.1) is 0 Å². The molecule has 0 aromatic heterocycles. The van der Waals surface area contributed by atoms with Crippen LogP contribution in [0.2, 0.25) is 0 Å². The molecule has 35 heavy (non-hydrogen) atoms. The number of hydrogen-bond donors (Lipinski definition) is 3. The van der Waals surface area contributed by atoms with E-state index in [0.29, 0.717) is 17.7 Å². The summed E-state index contributed by atoms with van der Waals surface area (Å²) in [6.45, 7) is 0.938. The van der Waals surface area contributed by atoms with Gasteiger partial charge in [-0.1, -0.05) is 42.1 Å². The van der Waals surface area contributed by atoms with Gasteiger partial charge in [0.05, 0.1) is 24.9 Å². The molecule has 2 aromatic carbocycles. The zero-order chi connectivity index (χ0) is 25.5. The second kappa shape index (κ2) is 11.7. The number of carbonyl (C=O) groups excluding carboxylic acids is 3. The predicted octanol–water partition coefficient (Wildman–Crippen LogP) is 2.52. The first-order valence-corrected chi connectivity index (χ1v) is 12.0. The molecule has 3 unspecified atom stereocenters. The minimum atomic E-state index is -1.15. The molecule has 10 heteroatoms. The molecule has 0 bridgehead atoms. The third-order valence-electron chi connectivity index (χ3n) is 5.85. The third-order valence-corrected chi connectivity index (χ3v) is 6.85. The second-order valence-corrected chi connectivity index (χ2v) is 9.55. The summed E-state index contributed by atoms with van der Waals surface area (Å²) < 4.78 is 5.14. The van der Waals surface area contributed by atoms with Crippen LogP contribution in [-0.4, -0.2) is 63.0 Å². The van der Waals surface area contributed by atoms with Gasteiger partial charge in [-0.15, -0.1) is 0 Å². The normalized spacial score (nSPS) is 18.1. The van der Waals surface area contributed by atoms with Gasteiger partial charge in [-0.3, -0.25) is 14.4 Å². The molecule has 1 heterocycles. The van der Waals surface area contributed by atoms with Crippen LogP contribution in [0.1, 0.15) is 36.9 Å². The van der Waals surface area contributed by atoms with E-state index in [1.807, 2.05) is 0 Å². The first kappa shape index (κ1) is 26.1. The fourth-order valence-corrected chi connectivity index (χ4v) is 5.07. The van der Waals surface area contributed by atoms with Crippen LogP contribution in [0.25, 0.3) is 0 Å². The maximum absolute atomic E-state index is 13.1. The molecule has 3 N–H and O–H groups in total. The van der Waals surface area contributed by atoms with Crippen LogP contribution in [0.3, 0.4) is 0 Å². The number of methoxy groups -OCH3 is 1. The lowest BCUT2D eigenvalue weighted by Gasteiger charge is -2.29. The Balaban J connectivity index is 1.72. The minimum Gasteiger partial charge on any atom is -0.508 e. The average molecular weight is 501 g/mol. The summed E-state index contributed by atoms with van der Waals surface area (Å²) in [5.41, 5.74) is 1.27. The van der Waals surface area contributed by atoms with Crippen molar-refractivity contribution in [1.82, 2.24) is 10.2 Å². The zero-order valence-electron chi connectivity index (χ0n) is 19.5. The van der Waals surface area contributed by atoms with Gasteiger partial charge in [0.1, 0.15) is 17.5 Å². The molecule has 0 saturated carbocycles. The molecule has 2 amide bonds. The van der Waals surface area contributed by atoms with Crippen molar-refractivity contribution in [2.45, 2.75) is 43.5 Å². The van der Waals surface area contributed by atoms with Gasteiger partial charge < -0.3 is 25.2 Å². The van der Waals surface area contributed by atoms with Crippen LogP contribution in [0.5, 0.6) is 11.5 Å². The van der Waals surface area contributed by atoms with E-state index in [9.17, 15) is 29.4 Å². The van der Waals surface area contributed by atoms with E-state index >= 15 is 0 Å². The molecule has 186 valence electrons. The summed E-state index contributed by atoms with van der Waals surface area (Å²) in [7, 11) is 1.55. The van der Waals surface area contributed by atoms with Crippen molar-refractivity contribution in [2.75, 3.05) is 13.7 Å². The fourth-order valence-electron chi connectivity index (χ4n) is 4.21. The summed E-state index contributed by atoms with van der Waals surface area (Å²) in [6.07, 6.45) is 0.860. The molecule has 1 saturated heterocycles. The number of para-hydroxylation sites is 1. The lowest BCUT2D eigenvalue weighted by atomic mass is 10.0. The van der Waals surface area contributed by atoms with Gasteiger partial charge in [-0.25, -0.2) is 4.79 Å². The molecule has 3 rings (SSSR count). The van der Waals surface area contributed by atoms with Crippen LogP contribution in [0.15, 0.2) is 48.5 Å². The molecule has 1 aliphatic heterocycles. The number of rotatable bonds is 9. The molecule has 0 spiro atoms. The minimum absolute atomic E-state index is 0.0252. The van der Waals surface area contributed by atoms with Crippen molar-refractivity contribution < 1.29 is 34.1 Å². The van der Waals surface area contributed by atoms with Crippen molar-refractivity contribution in [3.05, 3.63) is 59.7 Å². The number of carbonyl (C=O) groups is 4. The molecule has 1 aliphatic rings. The van der Waals surface area contributed by atoms with Crippen LogP contribution >= 0.6 is 11.8 Å². The first-order valence-electron chi connectivity index (χ1n) is 11.1. The molecule has 0 radical (unpaired) electrons. The number of aromatic hydroxyl groups is 1.